The Morgan fingerprint density at radius 2 is 2.00 bits per heavy atom. The molecule has 0 saturated carbocycles. The minimum absolute atomic E-state index is 0.0281. The SMILES string of the molecule is CN1CCCC1CCNC(=O)c1cn2c3c(c(NCCCn4ccnc4)c(F)cc3c1=O)Oc1cc3ccccc3cc1-2. The third-order valence-electron chi connectivity index (χ3n) is 8.63. The second-order valence-corrected chi connectivity index (χ2v) is 11.4. The van der Waals surface area contributed by atoms with E-state index in [2.05, 4.69) is 27.6 Å². The number of imidazole rings is 1. The Morgan fingerprint density at radius 1 is 1.16 bits per heavy atom. The number of benzene rings is 3. The topological polar surface area (TPSA) is 93.4 Å². The Bertz CT molecular complexity index is 1900. The van der Waals surface area contributed by atoms with Gasteiger partial charge >= 0.3 is 0 Å². The van der Waals surface area contributed by atoms with Crippen LogP contribution in [-0.4, -0.2) is 57.6 Å². The predicted octanol–water partition coefficient (Wildman–Crippen LogP) is 5.30. The molecule has 43 heavy (non-hydrogen) atoms. The fourth-order valence-electron chi connectivity index (χ4n) is 6.31. The van der Waals surface area contributed by atoms with Crippen LogP contribution in [0.1, 0.15) is 36.0 Å². The Hall–Kier alpha value is -4.70. The van der Waals surface area contributed by atoms with E-state index in [4.69, 9.17) is 4.74 Å². The van der Waals surface area contributed by atoms with Crippen molar-refractivity contribution in [2.75, 3.05) is 32.0 Å². The van der Waals surface area contributed by atoms with Crippen molar-refractivity contribution in [2.24, 2.45) is 0 Å². The zero-order valence-corrected chi connectivity index (χ0v) is 24.0. The average Bonchev–Trinajstić information content (AvgIpc) is 3.68. The summed E-state index contributed by atoms with van der Waals surface area (Å²) in [5.41, 5.74) is 0.731. The summed E-state index contributed by atoms with van der Waals surface area (Å²) < 4.78 is 25.9. The monoisotopic (exact) mass is 580 g/mol. The van der Waals surface area contributed by atoms with E-state index in [0.29, 0.717) is 42.6 Å². The number of ether oxygens (including phenoxy) is 1. The van der Waals surface area contributed by atoms with Crippen LogP contribution in [0.25, 0.3) is 27.4 Å². The lowest BCUT2D eigenvalue weighted by atomic mass is 10.0. The zero-order valence-electron chi connectivity index (χ0n) is 24.0. The van der Waals surface area contributed by atoms with Gasteiger partial charge in [0, 0.05) is 44.3 Å². The van der Waals surface area contributed by atoms with Crippen molar-refractivity contribution in [1.82, 2.24) is 24.3 Å². The van der Waals surface area contributed by atoms with Crippen molar-refractivity contribution in [3.05, 3.63) is 89.0 Å². The number of aryl methyl sites for hydroxylation is 1. The molecule has 1 fully saturated rings. The van der Waals surface area contributed by atoms with Crippen LogP contribution in [0, 0.1) is 5.82 Å². The number of pyridine rings is 1. The van der Waals surface area contributed by atoms with Gasteiger partial charge in [-0.1, -0.05) is 24.3 Å². The van der Waals surface area contributed by atoms with Gasteiger partial charge in [0.15, 0.2) is 17.3 Å². The Kier molecular flexibility index (Phi) is 7.06. The van der Waals surface area contributed by atoms with Gasteiger partial charge in [0.1, 0.15) is 16.8 Å². The number of rotatable bonds is 9. The van der Waals surface area contributed by atoms with Crippen LogP contribution in [0.2, 0.25) is 0 Å². The number of aromatic nitrogens is 3. The first-order valence-electron chi connectivity index (χ1n) is 14.8. The molecule has 1 amide bonds. The van der Waals surface area contributed by atoms with Gasteiger partial charge in [-0.15, -0.1) is 0 Å². The van der Waals surface area contributed by atoms with Crippen LogP contribution in [0.5, 0.6) is 11.5 Å². The molecule has 1 unspecified atom stereocenters. The van der Waals surface area contributed by atoms with Crippen molar-refractivity contribution in [1.29, 1.82) is 0 Å². The number of hydrogen-bond donors (Lipinski definition) is 2. The molecular formula is C33H33FN6O3. The summed E-state index contributed by atoms with van der Waals surface area (Å²) in [6.07, 6.45) is 10.7. The molecule has 0 bridgehead atoms. The van der Waals surface area contributed by atoms with E-state index < -0.39 is 17.2 Å². The fraction of sp³-hybridized carbons (Fsp3) is 0.303. The first-order valence-corrected chi connectivity index (χ1v) is 14.8. The van der Waals surface area contributed by atoms with Gasteiger partial charge in [0.2, 0.25) is 5.43 Å². The quantitative estimate of drug-likeness (QED) is 0.226. The van der Waals surface area contributed by atoms with Gasteiger partial charge in [0.25, 0.3) is 5.91 Å². The summed E-state index contributed by atoms with van der Waals surface area (Å²) in [4.78, 5) is 33.5. The molecule has 1 atom stereocenters. The normalized spacial score (nSPS) is 15.9. The molecule has 10 heteroatoms. The summed E-state index contributed by atoms with van der Waals surface area (Å²) >= 11 is 0. The molecule has 3 aromatic carbocycles. The second-order valence-electron chi connectivity index (χ2n) is 11.4. The lowest BCUT2D eigenvalue weighted by Crippen LogP contribution is -2.34. The molecule has 2 aliphatic rings. The molecule has 2 aliphatic heterocycles. The molecule has 5 aromatic rings. The highest BCUT2D eigenvalue weighted by atomic mass is 19.1. The van der Waals surface area contributed by atoms with Crippen molar-refractivity contribution in [3.63, 3.8) is 0 Å². The molecule has 2 N–H and O–H groups in total. The van der Waals surface area contributed by atoms with E-state index >= 15 is 4.39 Å². The highest BCUT2D eigenvalue weighted by Gasteiger charge is 2.29. The third-order valence-corrected chi connectivity index (χ3v) is 8.63. The Morgan fingerprint density at radius 3 is 2.77 bits per heavy atom. The van der Waals surface area contributed by atoms with Crippen LogP contribution < -0.4 is 20.8 Å². The van der Waals surface area contributed by atoms with Crippen LogP contribution in [-0.2, 0) is 6.54 Å². The molecule has 0 spiro atoms. The number of nitrogens with one attached hydrogen (secondary N) is 2. The van der Waals surface area contributed by atoms with Gasteiger partial charge in [-0.05, 0) is 68.2 Å². The number of amides is 1. The van der Waals surface area contributed by atoms with Gasteiger partial charge in [-0.25, -0.2) is 9.37 Å². The molecule has 9 nitrogen and oxygen atoms in total. The van der Waals surface area contributed by atoms with Crippen LogP contribution in [0.15, 0.2) is 72.2 Å². The minimum Gasteiger partial charge on any atom is -0.451 e. The molecule has 0 aliphatic carbocycles. The Balaban J connectivity index is 1.28. The first kappa shape index (κ1) is 27.2. The summed E-state index contributed by atoms with van der Waals surface area (Å²) in [5, 5.41) is 8.17. The van der Waals surface area contributed by atoms with Crippen molar-refractivity contribution in [3.8, 4) is 17.2 Å². The maximum absolute atomic E-state index is 15.8. The molecule has 1 saturated heterocycles. The summed E-state index contributed by atoms with van der Waals surface area (Å²) in [6.45, 7) is 2.70. The van der Waals surface area contributed by atoms with E-state index in [1.807, 2.05) is 47.2 Å². The first-order chi connectivity index (χ1) is 21.0. The highest BCUT2D eigenvalue weighted by molar-refractivity contribution is 6.02. The molecule has 2 aromatic heterocycles. The number of carbonyl (C=O) groups is 1. The second kappa shape index (κ2) is 11.2. The number of likely N-dealkylation sites (tertiary alicyclic amines) is 1. The van der Waals surface area contributed by atoms with E-state index in [1.54, 1.807) is 23.3 Å². The van der Waals surface area contributed by atoms with Crippen molar-refractivity contribution in [2.45, 2.75) is 38.3 Å². The van der Waals surface area contributed by atoms with Gasteiger partial charge in [-0.3, -0.25) is 9.59 Å². The average molecular weight is 581 g/mol. The molecular weight excluding hydrogens is 547 g/mol. The van der Waals surface area contributed by atoms with Crippen molar-refractivity contribution >= 4 is 33.3 Å². The molecule has 4 heterocycles. The lowest BCUT2D eigenvalue weighted by Gasteiger charge is -2.27. The van der Waals surface area contributed by atoms with E-state index in [0.717, 1.165) is 43.0 Å². The summed E-state index contributed by atoms with van der Waals surface area (Å²) in [5.74, 6) is -0.332. The van der Waals surface area contributed by atoms with Crippen LogP contribution in [0.4, 0.5) is 10.1 Å². The number of anilines is 1. The third kappa shape index (κ3) is 5.01. The predicted molar refractivity (Wildman–Crippen MR) is 165 cm³/mol. The standard InChI is InChI=1S/C33H33FN6O3/c1-38-13-4-8-23(38)9-11-37-33(42)25-19-40-27-16-21-6-2-3-7-22(21)17-28(27)43-32-29(26(34)18-24(30(32)40)31(25)41)36-10-5-14-39-15-12-35-20-39/h2-3,6-7,12,15-20,23,36H,4-5,8-11,13-14H2,1H3,(H,37,42). The van der Waals surface area contributed by atoms with E-state index in [-0.39, 0.29) is 22.4 Å². The van der Waals surface area contributed by atoms with E-state index in [9.17, 15) is 9.59 Å². The fourth-order valence-corrected chi connectivity index (χ4v) is 6.31. The molecule has 7 rings (SSSR count). The number of hydrogen-bond acceptors (Lipinski definition) is 6. The summed E-state index contributed by atoms with van der Waals surface area (Å²) in [7, 11) is 2.10. The maximum atomic E-state index is 15.8. The summed E-state index contributed by atoms with van der Waals surface area (Å²) in [6, 6.07) is 13.4. The van der Waals surface area contributed by atoms with Crippen molar-refractivity contribution < 1.29 is 13.9 Å². The molecule has 0 radical (unpaired) electrons. The molecule has 220 valence electrons. The number of carbonyl (C=O) groups excluding carboxylic acids is 1. The van der Waals surface area contributed by atoms with Gasteiger partial charge in [0.05, 0.1) is 17.4 Å². The number of nitrogens with zero attached hydrogens (tertiary/aromatic N) is 4. The minimum atomic E-state index is -0.611. The van der Waals surface area contributed by atoms with E-state index in [1.165, 1.54) is 6.07 Å². The Labute approximate surface area is 247 Å². The zero-order chi connectivity index (χ0) is 29.5. The van der Waals surface area contributed by atoms with Gasteiger partial charge in [-0.2, -0.15) is 0 Å². The largest absolute Gasteiger partial charge is 0.451 e. The number of halogens is 1. The van der Waals surface area contributed by atoms with Gasteiger partial charge < -0.3 is 29.4 Å². The van der Waals surface area contributed by atoms with Crippen LogP contribution in [0.3, 0.4) is 0 Å². The lowest BCUT2D eigenvalue weighted by molar-refractivity contribution is 0.0949. The smallest absolute Gasteiger partial charge is 0.256 e. The highest BCUT2D eigenvalue weighted by Crippen LogP contribution is 2.46. The van der Waals surface area contributed by atoms with Crippen LogP contribution >= 0.6 is 0 Å². The number of fused-ring (bicyclic) bond motifs is 3. The maximum Gasteiger partial charge on any atom is 0.256 e.